The number of methoxy groups -OCH3 is 2. The smallest absolute Gasteiger partial charge is 0.267 e. The van der Waals surface area contributed by atoms with Gasteiger partial charge in [-0.1, -0.05) is 12.1 Å². The first-order valence-electron chi connectivity index (χ1n) is 14.2. The number of anilines is 2. The highest BCUT2D eigenvalue weighted by Crippen LogP contribution is 2.34. The molecule has 3 heterocycles. The predicted octanol–water partition coefficient (Wildman–Crippen LogP) is 1.72. The average molecular weight is 461 g/mol. The maximum absolute atomic E-state index is 13.6. The summed E-state index contributed by atoms with van der Waals surface area (Å²) in [5, 5.41) is -0.0931. The number of ether oxygens (including phenoxy) is 4. The number of carbonyl (C=O) groups is 1. The Bertz CT molecular complexity index is 1590. The quantitative estimate of drug-likeness (QED) is 0.622. The summed E-state index contributed by atoms with van der Waals surface area (Å²) in [6.45, 7) is -10.3. The summed E-state index contributed by atoms with van der Waals surface area (Å²) in [4.78, 5) is 23.0. The highest BCUT2D eigenvalue weighted by atomic mass is 16.6. The number of para-hydroxylation sites is 2. The number of fused-ring (bicyclic) bond motifs is 2. The van der Waals surface area contributed by atoms with Crippen LogP contribution >= 0.6 is 0 Å². The Morgan fingerprint density at radius 3 is 2.61 bits per heavy atom. The van der Waals surface area contributed by atoms with Crippen molar-refractivity contribution in [1.29, 1.82) is 0 Å². The van der Waals surface area contributed by atoms with Crippen molar-refractivity contribution in [2.75, 3.05) is 57.5 Å². The number of nitrogens with two attached hydrogens (primary N) is 1. The van der Waals surface area contributed by atoms with E-state index in [1.165, 1.54) is 32.4 Å². The zero-order chi connectivity index (χ0) is 31.0. The summed E-state index contributed by atoms with van der Waals surface area (Å²) < 4.78 is 97.9. The van der Waals surface area contributed by atoms with Crippen LogP contribution < -0.4 is 29.6 Å². The zero-order valence-electron chi connectivity index (χ0n) is 26.6. The van der Waals surface area contributed by atoms with Crippen molar-refractivity contribution in [3.63, 3.8) is 0 Å². The van der Waals surface area contributed by atoms with Crippen LogP contribution in [0.1, 0.15) is 12.3 Å². The number of benzene rings is 2. The number of hydrogen-bond donors (Lipinski definition) is 1. The monoisotopic (exact) mass is 460 g/mol. The lowest BCUT2D eigenvalue weighted by molar-refractivity contribution is -0.141. The molecule has 0 bridgehead atoms. The molecule has 5 rings (SSSR count). The minimum Gasteiger partial charge on any atom is -0.493 e. The van der Waals surface area contributed by atoms with E-state index in [9.17, 15) is 4.79 Å². The summed E-state index contributed by atoms with van der Waals surface area (Å²) >= 11 is 0. The Labute approximate surface area is 203 Å². The molecule has 2 aliphatic heterocycles. The molecule has 2 N–H and O–H groups in total. The van der Waals surface area contributed by atoms with Crippen molar-refractivity contribution >= 4 is 28.6 Å². The van der Waals surface area contributed by atoms with E-state index in [-0.39, 0.29) is 51.8 Å². The molecule has 1 saturated heterocycles. The lowest BCUT2D eigenvalue weighted by atomic mass is 10.2. The van der Waals surface area contributed by atoms with Gasteiger partial charge in [0, 0.05) is 37.5 Å². The molecule has 2 aliphatic rings. The Morgan fingerprint density at radius 1 is 1.18 bits per heavy atom. The third-order valence-electron chi connectivity index (χ3n) is 4.85. The van der Waals surface area contributed by atoms with Crippen LogP contribution in [0.2, 0.25) is 0 Å². The van der Waals surface area contributed by atoms with Gasteiger partial charge in [0.1, 0.15) is 12.4 Å². The van der Waals surface area contributed by atoms with Crippen molar-refractivity contribution < 1.29 is 36.1 Å². The zero-order valence-corrected chi connectivity index (χ0v) is 17.6. The first kappa shape index (κ1) is 12.9. The molecule has 33 heavy (non-hydrogen) atoms. The fourth-order valence-corrected chi connectivity index (χ4v) is 3.19. The molecule has 172 valence electrons. The minimum absolute atomic E-state index is 0.0430. The molecule has 10 heteroatoms. The lowest BCUT2D eigenvalue weighted by Gasteiger charge is -2.37. The van der Waals surface area contributed by atoms with Gasteiger partial charge >= 0.3 is 0 Å². The van der Waals surface area contributed by atoms with E-state index in [1.54, 1.807) is 6.07 Å². The van der Waals surface area contributed by atoms with Gasteiger partial charge in [-0.25, -0.2) is 4.98 Å². The maximum Gasteiger partial charge on any atom is 0.267 e. The molecular weight excluding hydrogens is 426 g/mol. The van der Waals surface area contributed by atoms with Gasteiger partial charge in [0.25, 0.3) is 5.91 Å². The maximum atomic E-state index is 13.6. The van der Waals surface area contributed by atoms with Crippen molar-refractivity contribution in [1.82, 2.24) is 14.9 Å². The summed E-state index contributed by atoms with van der Waals surface area (Å²) in [7, 11) is 2.52. The number of carbonyl (C=O) groups excluding carboxylic acids is 1. The molecule has 2 aromatic carbocycles. The summed E-state index contributed by atoms with van der Waals surface area (Å²) in [5.41, 5.74) is 5.87. The SMILES string of the molecule is [2H]c1c(OC)c(OC)c([2H])c2c(N)nc(N3C([2H])([2H])CN(C(=O)C4([2H])Oc5ccccc5OC4([2H])[2H])CC3([2H])[2H])nc12. The van der Waals surface area contributed by atoms with Crippen LogP contribution in [0.5, 0.6) is 23.0 Å². The topological polar surface area (TPSA) is 112 Å². The van der Waals surface area contributed by atoms with E-state index in [0.717, 1.165) is 0 Å². The van der Waals surface area contributed by atoms with E-state index in [0.29, 0.717) is 9.80 Å². The fourth-order valence-electron chi connectivity index (χ4n) is 3.19. The molecule has 1 fully saturated rings. The second-order valence-electron chi connectivity index (χ2n) is 6.84. The summed E-state index contributed by atoms with van der Waals surface area (Å²) in [6, 6.07) is 5.17. The molecule has 1 atom stereocenters. The lowest BCUT2D eigenvalue weighted by Crippen LogP contribution is -2.54. The van der Waals surface area contributed by atoms with Gasteiger partial charge in [0.2, 0.25) is 12.0 Å². The van der Waals surface area contributed by atoms with Gasteiger partial charge in [0.15, 0.2) is 23.0 Å². The third-order valence-corrected chi connectivity index (χ3v) is 4.85. The van der Waals surface area contributed by atoms with Gasteiger partial charge in [-0.15, -0.1) is 0 Å². The molecule has 0 spiro atoms. The first-order valence-corrected chi connectivity index (χ1v) is 9.74. The van der Waals surface area contributed by atoms with Crippen LogP contribution in [0.3, 0.4) is 0 Å². The standard InChI is InChI=1S/C23H25N5O5/c1-30-18-11-14-15(12-19(18)31-2)25-23(26-21(14)24)28-9-7-27(8-10-28)22(29)20-13-32-16-5-3-4-6-17(16)33-20/h3-6,11-12,20H,7-10,13H2,1-2H3,(H2,24,25,26)/i9D2,10D2,11D,12D,13D2,20D. The van der Waals surface area contributed by atoms with Crippen molar-refractivity contribution in [3.8, 4) is 23.0 Å². The third kappa shape index (κ3) is 3.88. The van der Waals surface area contributed by atoms with E-state index in [4.69, 9.17) is 37.0 Å². The average Bonchev–Trinajstić information content (AvgIpc) is 2.88. The van der Waals surface area contributed by atoms with Crippen LogP contribution in [0, 0.1) is 0 Å². The molecule has 0 radical (unpaired) electrons. The Morgan fingerprint density at radius 2 is 1.88 bits per heavy atom. The van der Waals surface area contributed by atoms with Gasteiger partial charge in [-0.05, 0) is 18.2 Å². The van der Waals surface area contributed by atoms with Crippen molar-refractivity contribution in [2.45, 2.75) is 6.08 Å². The number of aromatic nitrogens is 2. The predicted molar refractivity (Wildman–Crippen MR) is 122 cm³/mol. The van der Waals surface area contributed by atoms with Crippen molar-refractivity contribution in [3.05, 3.63) is 36.4 Å². The minimum atomic E-state index is -3.04. The molecule has 10 nitrogen and oxygen atoms in total. The molecule has 0 aliphatic carbocycles. The van der Waals surface area contributed by atoms with Gasteiger partial charge in [-0.2, -0.15) is 4.98 Å². The molecular formula is C23H25N5O5. The van der Waals surface area contributed by atoms with Crippen LogP contribution in [0.25, 0.3) is 10.9 Å². The fraction of sp³-hybridized carbons (Fsp3) is 0.348. The Kier molecular flexibility index (Phi) is 3.34. The highest BCUT2D eigenvalue weighted by molar-refractivity contribution is 5.91. The highest BCUT2D eigenvalue weighted by Gasteiger charge is 2.33. The molecule has 1 amide bonds. The van der Waals surface area contributed by atoms with Crippen LogP contribution in [0.15, 0.2) is 36.4 Å². The largest absolute Gasteiger partial charge is 0.493 e. The second-order valence-corrected chi connectivity index (χ2v) is 6.84. The number of amides is 1. The van der Waals surface area contributed by atoms with E-state index in [1.807, 2.05) is 0 Å². The number of nitrogen functional groups attached to an aromatic ring is 1. The number of piperazine rings is 1. The summed E-state index contributed by atoms with van der Waals surface area (Å²) in [5.74, 6) is -2.69. The second kappa shape index (κ2) is 8.53. The van der Waals surface area contributed by atoms with E-state index in [2.05, 4.69) is 9.97 Å². The van der Waals surface area contributed by atoms with Gasteiger partial charge in [-0.3, -0.25) is 4.79 Å². The summed E-state index contributed by atoms with van der Waals surface area (Å²) in [6.07, 6.45) is -3.04. The van der Waals surface area contributed by atoms with Crippen LogP contribution in [0.4, 0.5) is 11.8 Å². The molecule has 1 aromatic heterocycles. The van der Waals surface area contributed by atoms with Gasteiger partial charge in [0.05, 0.1) is 32.1 Å². The van der Waals surface area contributed by atoms with Crippen LogP contribution in [-0.4, -0.2) is 73.7 Å². The number of rotatable bonds is 4. The molecule has 1 unspecified atom stereocenters. The molecule has 3 aromatic rings. The van der Waals surface area contributed by atoms with Crippen molar-refractivity contribution in [2.24, 2.45) is 0 Å². The number of hydrogen-bond acceptors (Lipinski definition) is 9. The van der Waals surface area contributed by atoms with E-state index >= 15 is 0 Å². The normalized spacial score (nSPS) is 28.5. The molecule has 0 saturated carbocycles. The van der Waals surface area contributed by atoms with E-state index < -0.39 is 50.6 Å². The number of nitrogens with zero attached hydrogens (tertiary/aromatic N) is 4. The Balaban J connectivity index is 1.55. The Hall–Kier alpha value is -3.95. The first-order chi connectivity index (χ1) is 19.5. The van der Waals surface area contributed by atoms with Crippen LogP contribution in [-0.2, 0) is 4.79 Å². The van der Waals surface area contributed by atoms with Gasteiger partial charge < -0.3 is 34.5 Å².